The molecule has 4 heteroatoms. The van der Waals surface area contributed by atoms with Crippen LogP contribution in [0.25, 0.3) is 0 Å². The third-order valence-electron chi connectivity index (χ3n) is 3.53. The smallest absolute Gasteiger partial charge is 0.122 e. The van der Waals surface area contributed by atoms with Crippen LogP contribution >= 0.6 is 12.2 Å². The summed E-state index contributed by atoms with van der Waals surface area (Å²) in [5.74, 6) is 1.05. The second kappa shape index (κ2) is 6.35. The van der Waals surface area contributed by atoms with Gasteiger partial charge in [0.1, 0.15) is 5.75 Å². The molecule has 2 N–H and O–H groups in total. The van der Waals surface area contributed by atoms with E-state index in [-0.39, 0.29) is 0 Å². The highest BCUT2D eigenvalue weighted by molar-refractivity contribution is 7.80. The Morgan fingerprint density at radius 1 is 1.47 bits per heavy atom. The lowest BCUT2D eigenvalue weighted by atomic mass is 10.1. The molecule has 1 aromatic rings. The predicted molar refractivity (Wildman–Crippen MR) is 82.8 cm³/mol. The molecule has 19 heavy (non-hydrogen) atoms. The van der Waals surface area contributed by atoms with Gasteiger partial charge in [0.25, 0.3) is 0 Å². The van der Waals surface area contributed by atoms with E-state index in [4.69, 9.17) is 22.7 Å². The predicted octanol–water partition coefficient (Wildman–Crippen LogP) is 2.16. The first-order valence-electron chi connectivity index (χ1n) is 6.83. The Bertz CT molecular complexity index is 459. The van der Waals surface area contributed by atoms with Crippen LogP contribution in [0.5, 0.6) is 5.75 Å². The minimum Gasteiger partial charge on any atom is -0.493 e. The van der Waals surface area contributed by atoms with Gasteiger partial charge in [0, 0.05) is 25.6 Å². The Kier molecular flexibility index (Phi) is 4.77. The number of hydrogen-bond donors (Lipinski definition) is 1. The van der Waals surface area contributed by atoms with Crippen LogP contribution in [0.1, 0.15) is 25.0 Å². The zero-order valence-electron chi connectivity index (χ0n) is 11.7. The van der Waals surface area contributed by atoms with Crippen molar-refractivity contribution in [1.29, 1.82) is 0 Å². The number of benzene rings is 1. The van der Waals surface area contributed by atoms with E-state index in [1.807, 2.05) is 0 Å². The maximum atomic E-state index is 5.65. The molecule has 0 unspecified atom stereocenters. The van der Waals surface area contributed by atoms with E-state index in [0.29, 0.717) is 17.6 Å². The van der Waals surface area contributed by atoms with Gasteiger partial charge in [0.2, 0.25) is 0 Å². The van der Waals surface area contributed by atoms with Crippen molar-refractivity contribution < 1.29 is 4.74 Å². The average molecular weight is 278 g/mol. The van der Waals surface area contributed by atoms with Gasteiger partial charge in [-0.3, -0.25) is 4.90 Å². The molecule has 0 bridgehead atoms. The van der Waals surface area contributed by atoms with Crippen molar-refractivity contribution in [2.45, 2.75) is 32.7 Å². The minimum atomic E-state index is 0.458. The molecule has 0 aliphatic carbocycles. The number of thiocarbonyl (C=S) groups is 1. The summed E-state index contributed by atoms with van der Waals surface area (Å²) in [6, 6.07) is 6.97. The molecular formula is C15H22N2OS. The average Bonchev–Trinajstić information content (AvgIpc) is 2.80. The molecule has 0 saturated carbocycles. The van der Waals surface area contributed by atoms with Crippen LogP contribution in [-0.2, 0) is 12.8 Å². The van der Waals surface area contributed by atoms with Gasteiger partial charge in [-0.15, -0.1) is 0 Å². The second-order valence-corrected chi connectivity index (χ2v) is 5.85. The molecule has 0 radical (unpaired) electrons. The molecule has 1 aliphatic rings. The summed E-state index contributed by atoms with van der Waals surface area (Å²) in [5, 5.41) is 0. The van der Waals surface area contributed by atoms with Gasteiger partial charge in [-0.05, 0) is 37.5 Å². The van der Waals surface area contributed by atoms with E-state index in [1.165, 1.54) is 11.1 Å². The summed E-state index contributed by atoms with van der Waals surface area (Å²) in [5.41, 5.74) is 8.34. The molecule has 0 aromatic heterocycles. The molecule has 0 saturated heterocycles. The van der Waals surface area contributed by atoms with Gasteiger partial charge >= 0.3 is 0 Å². The highest BCUT2D eigenvalue weighted by Gasteiger charge is 2.14. The van der Waals surface area contributed by atoms with Gasteiger partial charge in [-0.2, -0.15) is 0 Å². The molecule has 2 rings (SSSR count). The first kappa shape index (κ1) is 14.3. The Hall–Kier alpha value is -1.13. The van der Waals surface area contributed by atoms with Crippen LogP contribution < -0.4 is 10.5 Å². The maximum absolute atomic E-state index is 5.65. The van der Waals surface area contributed by atoms with Crippen molar-refractivity contribution >= 4 is 17.2 Å². The Labute approximate surface area is 120 Å². The number of nitrogens with zero attached hydrogens (tertiary/aromatic N) is 1. The fourth-order valence-electron chi connectivity index (χ4n) is 2.39. The van der Waals surface area contributed by atoms with Crippen molar-refractivity contribution in [2.75, 3.05) is 19.7 Å². The zero-order valence-corrected chi connectivity index (χ0v) is 12.5. The zero-order chi connectivity index (χ0) is 13.8. The highest BCUT2D eigenvalue weighted by atomic mass is 32.1. The molecule has 1 heterocycles. The summed E-state index contributed by atoms with van der Waals surface area (Å²) in [6.07, 6.45) is 2.05. The SMILES string of the molecule is CC(C)N(CCc1ccc2c(c1)CCO2)CC(N)=S. The van der Waals surface area contributed by atoms with E-state index < -0.39 is 0 Å². The molecular weight excluding hydrogens is 256 g/mol. The molecule has 0 fully saturated rings. The third-order valence-corrected chi connectivity index (χ3v) is 3.66. The minimum absolute atomic E-state index is 0.458. The summed E-state index contributed by atoms with van der Waals surface area (Å²) in [6.45, 7) is 6.84. The van der Waals surface area contributed by atoms with E-state index >= 15 is 0 Å². The van der Waals surface area contributed by atoms with Crippen molar-refractivity contribution in [3.8, 4) is 5.75 Å². The molecule has 1 aromatic carbocycles. The fourth-order valence-corrected chi connectivity index (χ4v) is 2.55. The lowest BCUT2D eigenvalue weighted by Gasteiger charge is -2.25. The molecule has 0 amide bonds. The topological polar surface area (TPSA) is 38.5 Å². The first-order chi connectivity index (χ1) is 9.06. The Morgan fingerprint density at radius 3 is 2.95 bits per heavy atom. The van der Waals surface area contributed by atoms with Gasteiger partial charge in [-0.25, -0.2) is 0 Å². The lowest BCUT2D eigenvalue weighted by molar-refractivity contribution is 0.257. The summed E-state index contributed by atoms with van der Waals surface area (Å²) < 4.78 is 5.53. The fraction of sp³-hybridized carbons (Fsp3) is 0.533. The van der Waals surface area contributed by atoms with Crippen LogP contribution in [0.3, 0.4) is 0 Å². The van der Waals surface area contributed by atoms with Crippen LogP contribution in [0, 0.1) is 0 Å². The first-order valence-corrected chi connectivity index (χ1v) is 7.24. The van der Waals surface area contributed by atoms with Gasteiger partial charge in [-0.1, -0.05) is 24.4 Å². The lowest BCUT2D eigenvalue weighted by Crippen LogP contribution is -2.39. The Morgan fingerprint density at radius 2 is 2.26 bits per heavy atom. The van der Waals surface area contributed by atoms with Gasteiger partial charge < -0.3 is 10.5 Å². The highest BCUT2D eigenvalue weighted by Crippen LogP contribution is 2.26. The van der Waals surface area contributed by atoms with Crippen molar-refractivity contribution in [1.82, 2.24) is 4.90 Å². The number of rotatable bonds is 6. The van der Waals surface area contributed by atoms with Crippen LogP contribution in [0.4, 0.5) is 0 Å². The van der Waals surface area contributed by atoms with Crippen molar-refractivity contribution in [3.05, 3.63) is 29.3 Å². The number of nitrogens with two attached hydrogens (primary N) is 1. The van der Waals surface area contributed by atoms with Crippen LogP contribution in [0.15, 0.2) is 18.2 Å². The summed E-state index contributed by atoms with van der Waals surface area (Å²) >= 11 is 5.01. The normalized spacial score (nSPS) is 13.7. The standard InChI is InChI=1S/C15H22N2OS/c1-11(2)17(10-15(16)19)7-5-12-3-4-14-13(9-12)6-8-18-14/h3-4,9,11H,5-8,10H2,1-2H3,(H2,16,19). The molecule has 0 spiro atoms. The van der Waals surface area contributed by atoms with Gasteiger partial charge in [0.05, 0.1) is 11.6 Å². The molecule has 1 aliphatic heterocycles. The monoisotopic (exact) mass is 278 g/mol. The number of hydrogen-bond acceptors (Lipinski definition) is 3. The number of ether oxygens (including phenoxy) is 1. The third kappa shape index (κ3) is 3.91. The largest absolute Gasteiger partial charge is 0.493 e. The quantitative estimate of drug-likeness (QED) is 0.809. The van der Waals surface area contributed by atoms with E-state index in [9.17, 15) is 0 Å². The maximum Gasteiger partial charge on any atom is 0.122 e. The van der Waals surface area contributed by atoms with Crippen molar-refractivity contribution in [3.63, 3.8) is 0 Å². The van der Waals surface area contributed by atoms with Crippen LogP contribution in [0.2, 0.25) is 0 Å². The molecule has 3 nitrogen and oxygen atoms in total. The summed E-state index contributed by atoms with van der Waals surface area (Å²) in [7, 11) is 0. The van der Waals surface area contributed by atoms with E-state index in [2.05, 4.69) is 36.9 Å². The van der Waals surface area contributed by atoms with E-state index in [0.717, 1.165) is 31.7 Å². The van der Waals surface area contributed by atoms with E-state index in [1.54, 1.807) is 0 Å². The molecule has 0 atom stereocenters. The number of fused-ring (bicyclic) bond motifs is 1. The Balaban J connectivity index is 1.95. The summed E-state index contributed by atoms with van der Waals surface area (Å²) in [4.78, 5) is 2.88. The second-order valence-electron chi connectivity index (χ2n) is 5.32. The van der Waals surface area contributed by atoms with Crippen molar-refractivity contribution in [2.24, 2.45) is 5.73 Å². The van der Waals surface area contributed by atoms with Gasteiger partial charge in [0.15, 0.2) is 0 Å². The molecule has 104 valence electrons. The van der Waals surface area contributed by atoms with Crippen LogP contribution in [-0.4, -0.2) is 35.6 Å².